The third kappa shape index (κ3) is 4.54. The van der Waals surface area contributed by atoms with Crippen LogP contribution in [0.4, 0.5) is 0 Å². The minimum absolute atomic E-state index is 0.327. The molecule has 0 saturated carbocycles. The van der Waals surface area contributed by atoms with Gasteiger partial charge in [-0.25, -0.2) is 4.79 Å². The monoisotopic (exact) mass is 257 g/mol. The van der Waals surface area contributed by atoms with Gasteiger partial charge in [-0.3, -0.25) is 4.79 Å². The van der Waals surface area contributed by atoms with E-state index in [1.54, 1.807) is 24.6 Å². The highest BCUT2D eigenvalue weighted by molar-refractivity contribution is 7.11. The molecule has 1 atom stereocenters. The van der Waals surface area contributed by atoms with E-state index >= 15 is 0 Å². The number of hydrogen-bond donors (Lipinski definition) is 1. The van der Waals surface area contributed by atoms with E-state index in [9.17, 15) is 9.59 Å². The highest BCUT2D eigenvalue weighted by Crippen LogP contribution is 2.11. The number of rotatable bonds is 6. The van der Waals surface area contributed by atoms with Crippen molar-refractivity contribution in [2.24, 2.45) is 0 Å². The van der Waals surface area contributed by atoms with E-state index in [4.69, 9.17) is 9.47 Å². The third-order valence-electron chi connectivity index (χ3n) is 1.98. The van der Waals surface area contributed by atoms with Gasteiger partial charge in [0.1, 0.15) is 4.88 Å². The molecule has 0 spiro atoms. The zero-order valence-corrected chi connectivity index (χ0v) is 10.6. The summed E-state index contributed by atoms with van der Waals surface area (Å²) in [4.78, 5) is 23.5. The average Bonchev–Trinajstić information content (AvgIpc) is 2.82. The smallest absolute Gasteiger partial charge is 0.349 e. The molecule has 1 amide bonds. The first-order chi connectivity index (χ1) is 8.15. The lowest BCUT2D eigenvalue weighted by Gasteiger charge is -2.12. The molecule has 17 heavy (non-hydrogen) atoms. The molecule has 0 saturated heterocycles. The summed E-state index contributed by atoms with van der Waals surface area (Å²) in [5, 5.41) is 4.37. The number of methoxy groups -OCH3 is 1. The lowest BCUT2D eigenvalue weighted by molar-refractivity contribution is -0.129. The molecule has 1 aromatic rings. The Morgan fingerprint density at radius 3 is 2.88 bits per heavy atom. The topological polar surface area (TPSA) is 64.6 Å². The van der Waals surface area contributed by atoms with Crippen molar-refractivity contribution >= 4 is 23.2 Å². The second-order valence-electron chi connectivity index (χ2n) is 3.31. The summed E-state index contributed by atoms with van der Waals surface area (Å²) in [7, 11) is 1.55. The van der Waals surface area contributed by atoms with Gasteiger partial charge in [0.25, 0.3) is 5.91 Å². The van der Waals surface area contributed by atoms with E-state index in [-0.39, 0.29) is 5.91 Å². The van der Waals surface area contributed by atoms with Crippen molar-refractivity contribution in [2.45, 2.75) is 13.0 Å². The van der Waals surface area contributed by atoms with E-state index in [1.165, 1.54) is 18.3 Å². The summed E-state index contributed by atoms with van der Waals surface area (Å²) in [5.74, 6) is -0.804. The van der Waals surface area contributed by atoms with Crippen molar-refractivity contribution in [1.29, 1.82) is 0 Å². The van der Waals surface area contributed by atoms with Crippen LogP contribution in [0.25, 0.3) is 0 Å². The van der Waals surface area contributed by atoms with Crippen LogP contribution < -0.4 is 5.32 Å². The molecule has 0 aliphatic heterocycles. The van der Waals surface area contributed by atoms with E-state index in [0.29, 0.717) is 18.0 Å². The van der Waals surface area contributed by atoms with Crippen LogP contribution in [0.1, 0.15) is 16.6 Å². The second kappa shape index (κ2) is 7.03. The largest absolute Gasteiger partial charge is 0.448 e. The number of hydrogen-bond acceptors (Lipinski definition) is 5. The first-order valence-corrected chi connectivity index (χ1v) is 6.04. The number of amides is 1. The maximum absolute atomic E-state index is 11.5. The Labute approximate surface area is 104 Å². The molecule has 0 aliphatic rings. The molecule has 0 unspecified atom stereocenters. The predicted octanol–water partition coefficient (Wildman–Crippen LogP) is 1.06. The molecule has 1 heterocycles. The van der Waals surface area contributed by atoms with Crippen molar-refractivity contribution in [1.82, 2.24) is 5.32 Å². The quantitative estimate of drug-likeness (QED) is 0.611. The summed E-state index contributed by atoms with van der Waals surface area (Å²) in [6, 6.07) is 3.41. The molecule has 1 N–H and O–H groups in total. The maximum atomic E-state index is 11.5. The molecule has 0 aliphatic carbocycles. The fraction of sp³-hybridized carbons (Fsp3) is 0.455. The van der Waals surface area contributed by atoms with Gasteiger partial charge in [0.15, 0.2) is 6.10 Å². The Bertz CT molecular complexity index is 364. The SMILES string of the molecule is COCCNC(=O)[C@H](C)OC(=O)c1cccs1. The van der Waals surface area contributed by atoms with Crippen LogP contribution in [-0.2, 0) is 14.3 Å². The van der Waals surface area contributed by atoms with Gasteiger partial charge in [0.05, 0.1) is 6.61 Å². The Morgan fingerprint density at radius 2 is 2.29 bits per heavy atom. The average molecular weight is 257 g/mol. The van der Waals surface area contributed by atoms with Crippen molar-refractivity contribution < 1.29 is 19.1 Å². The molecule has 0 bridgehead atoms. The normalized spacial score (nSPS) is 11.9. The van der Waals surface area contributed by atoms with Gasteiger partial charge < -0.3 is 14.8 Å². The van der Waals surface area contributed by atoms with E-state index in [1.807, 2.05) is 0 Å². The Balaban J connectivity index is 2.35. The summed E-state index contributed by atoms with van der Waals surface area (Å²) >= 11 is 1.28. The van der Waals surface area contributed by atoms with Gasteiger partial charge in [0.2, 0.25) is 0 Å². The lowest BCUT2D eigenvalue weighted by Crippen LogP contribution is -2.37. The first kappa shape index (κ1) is 13.7. The van der Waals surface area contributed by atoms with E-state index in [2.05, 4.69) is 5.32 Å². The minimum Gasteiger partial charge on any atom is -0.448 e. The number of esters is 1. The molecular weight excluding hydrogens is 242 g/mol. The fourth-order valence-corrected chi connectivity index (χ4v) is 1.69. The zero-order valence-electron chi connectivity index (χ0n) is 9.76. The van der Waals surface area contributed by atoms with Gasteiger partial charge in [-0.2, -0.15) is 0 Å². The van der Waals surface area contributed by atoms with Gasteiger partial charge >= 0.3 is 5.97 Å². The Hall–Kier alpha value is -1.40. The molecule has 1 rings (SSSR count). The molecule has 5 nitrogen and oxygen atoms in total. The van der Waals surface area contributed by atoms with Crippen LogP contribution >= 0.6 is 11.3 Å². The zero-order chi connectivity index (χ0) is 12.7. The fourth-order valence-electron chi connectivity index (χ4n) is 1.09. The highest BCUT2D eigenvalue weighted by atomic mass is 32.1. The van der Waals surface area contributed by atoms with Crippen LogP contribution in [0.2, 0.25) is 0 Å². The molecular formula is C11H15NO4S. The number of carbonyl (C=O) groups is 2. The Morgan fingerprint density at radius 1 is 1.53 bits per heavy atom. The second-order valence-corrected chi connectivity index (χ2v) is 4.26. The summed E-state index contributed by atoms with van der Waals surface area (Å²) in [6.45, 7) is 2.36. The highest BCUT2D eigenvalue weighted by Gasteiger charge is 2.18. The molecule has 0 radical (unpaired) electrons. The molecule has 1 aromatic heterocycles. The van der Waals surface area contributed by atoms with Gasteiger partial charge in [-0.05, 0) is 18.4 Å². The summed E-state index contributed by atoms with van der Waals surface area (Å²) < 4.78 is 9.80. The number of thiophene rings is 1. The van der Waals surface area contributed by atoms with Gasteiger partial charge in [0, 0.05) is 13.7 Å². The van der Waals surface area contributed by atoms with Crippen molar-refractivity contribution in [3.63, 3.8) is 0 Å². The van der Waals surface area contributed by atoms with Crippen LogP contribution in [-0.4, -0.2) is 38.2 Å². The maximum Gasteiger partial charge on any atom is 0.349 e. The summed E-state index contributed by atoms with van der Waals surface area (Å²) in [5.41, 5.74) is 0. The summed E-state index contributed by atoms with van der Waals surface area (Å²) in [6.07, 6.45) is -0.804. The number of carbonyl (C=O) groups excluding carboxylic acids is 2. The van der Waals surface area contributed by atoms with E-state index in [0.717, 1.165) is 0 Å². The number of nitrogens with one attached hydrogen (secondary N) is 1. The minimum atomic E-state index is -0.804. The molecule has 0 aromatic carbocycles. The third-order valence-corrected chi connectivity index (χ3v) is 2.83. The van der Waals surface area contributed by atoms with Crippen molar-refractivity contribution in [2.75, 3.05) is 20.3 Å². The standard InChI is InChI=1S/C11H15NO4S/c1-8(10(13)12-5-6-15-2)16-11(14)9-4-3-7-17-9/h3-4,7-8H,5-6H2,1-2H3,(H,12,13)/t8-/m0/s1. The van der Waals surface area contributed by atoms with Crippen molar-refractivity contribution in [3.8, 4) is 0 Å². The van der Waals surface area contributed by atoms with Crippen LogP contribution in [0.5, 0.6) is 0 Å². The Kier molecular flexibility index (Phi) is 5.65. The van der Waals surface area contributed by atoms with Crippen LogP contribution in [0.3, 0.4) is 0 Å². The van der Waals surface area contributed by atoms with Crippen LogP contribution in [0, 0.1) is 0 Å². The van der Waals surface area contributed by atoms with Gasteiger partial charge in [-0.15, -0.1) is 11.3 Å². The lowest BCUT2D eigenvalue weighted by atomic mass is 10.3. The molecule has 0 fully saturated rings. The molecule has 94 valence electrons. The predicted molar refractivity (Wildman–Crippen MR) is 64.1 cm³/mol. The van der Waals surface area contributed by atoms with Gasteiger partial charge in [-0.1, -0.05) is 6.07 Å². The molecule has 6 heteroatoms. The number of ether oxygens (including phenoxy) is 2. The van der Waals surface area contributed by atoms with Crippen molar-refractivity contribution in [3.05, 3.63) is 22.4 Å². The van der Waals surface area contributed by atoms with Crippen LogP contribution in [0.15, 0.2) is 17.5 Å². The van der Waals surface area contributed by atoms with E-state index < -0.39 is 12.1 Å². The first-order valence-electron chi connectivity index (χ1n) is 5.16.